The minimum atomic E-state index is -0.395. The second-order valence-corrected chi connectivity index (χ2v) is 6.64. The lowest BCUT2D eigenvalue weighted by Gasteiger charge is -2.04. The van der Waals surface area contributed by atoms with Crippen molar-refractivity contribution in [3.8, 4) is 11.5 Å². The summed E-state index contributed by atoms with van der Waals surface area (Å²) < 4.78 is 10.1. The van der Waals surface area contributed by atoms with E-state index in [1.807, 2.05) is 37.3 Å². The zero-order chi connectivity index (χ0) is 22.5. The smallest absolute Gasteiger partial charge is 0.338 e. The van der Waals surface area contributed by atoms with E-state index in [9.17, 15) is 9.59 Å². The van der Waals surface area contributed by atoms with E-state index in [2.05, 4.69) is 0 Å². The molecule has 6 heteroatoms. The van der Waals surface area contributed by atoms with Crippen molar-refractivity contribution in [1.29, 1.82) is 0 Å². The summed E-state index contributed by atoms with van der Waals surface area (Å²) in [5.41, 5.74) is 1.84. The quantitative estimate of drug-likeness (QED) is 0.407. The molecule has 0 aliphatic carbocycles. The molecule has 0 aliphatic heterocycles. The summed E-state index contributed by atoms with van der Waals surface area (Å²) in [6.07, 6.45) is 1.88. The van der Waals surface area contributed by atoms with Crippen LogP contribution in [0.15, 0.2) is 78.9 Å². The maximum absolute atomic E-state index is 11.6. The molecule has 0 fully saturated rings. The molecule has 0 aromatic heterocycles. The highest BCUT2D eigenvalue weighted by Gasteiger charge is 2.07. The van der Waals surface area contributed by atoms with E-state index < -0.39 is 5.97 Å². The average Bonchev–Trinajstić information content (AvgIpc) is 2.79. The number of aromatic hydroxyl groups is 2. The van der Waals surface area contributed by atoms with Gasteiger partial charge in [0.1, 0.15) is 18.1 Å². The highest BCUT2D eigenvalue weighted by molar-refractivity contribution is 5.89. The molecule has 2 N–H and O–H groups in total. The fraction of sp³-hybridized carbons (Fsp3) is 0.200. The van der Waals surface area contributed by atoms with Crippen LogP contribution in [0.3, 0.4) is 0 Å². The number of benzene rings is 3. The molecule has 3 aromatic carbocycles. The van der Waals surface area contributed by atoms with Crippen LogP contribution in [-0.2, 0) is 16.1 Å². The van der Waals surface area contributed by atoms with Crippen LogP contribution in [0.4, 0.5) is 0 Å². The molecular formula is C25H26O6. The monoisotopic (exact) mass is 422 g/mol. The summed E-state index contributed by atoms with van der Waals surface area (Å²) >= 11 is 0. The summed E-state index contributed by atoms with van der Waals surface area (Å²) in [6.45, 7) is 2.74. The van der Waals surface area contributed by atoms with Crippen LogP contribution in [0.5, 0.6) is 11.5 Å². The average molecular weight is 422 g/mol. The Kier molecular flexibility index (Phi) is 9.62. The van der Waals surface area contributed by atoms with Gasteiger partial charge in [0.15, 0.2) is 0 Å². The van der Waals surface area contributed by atoms with Crippen LogP contribution >= 0.6 is 0 Å². The third-order valence-electron chi connectivity index (χ3n) is 4.15. The number of carbonyl (C=O) groups is 2. The number of hydrogen-bond donors (Lipinski definition) is 2. The molecular weight excluding hydrogens is 396 g/mol. The highest BCUT2D eigenvalue weighted by atomic mass is 16.5. The van der Waals surface area contributed by atoms with Gasteiger partial charge in [0.25, 0.3) is 0 Å². The molecule has 0 spiro atoms. The summed E-state index contributed by atoms with van der Waals surface area (Å²) in [7, 11) is 0. The largest absolute Gasteiger partial charge is 0.508 e. The molecule has 0 saturated carbocycles. The van der Waals surface area contributed by atoms with Gasteiger partial charge >= 0.3 is 11.9 Å². The molecule has 0 unspecified atom stereocenters. The molecule has 0 atom stereocenters. The van der Waals surface area contributed by atoms with Gasteiger partial charge in [-0.05, 0) is 60.5 Å². The van der Waals surface area contributed by atoms with Crippen LogP contribution in [0.2, 0.25) is 0 Å². The second kappa shape index (κ2) is 12.7. The maximum Gasteiger partial charge on any atom is 0.338 e. The lowest BCUT2D eigenvalue weighted by molar-refractivity contribution is 0.0470. The van der Waals surface area contributed by atoms with E-state index in [0.29, 0.717) is 17.7 Å². The van der Waals surface area contributed by atoms with Crippen molar-refractivity contribution in [3.63, 3.8) is 0 Å². The lowest BCUT2D eigenvalue weighted by Crippen LogP contribution is -2.05. The fourth-order valence-electron chi connectivity index (χ4n) is 2.39. The third kappa shape index (κ3) is 8.62. The summed E-state index contributed by atoms with van der Waals surface area (Å²) in [6, 6.07) is 21.5. The van der Waals surface area contributed by atoms with E-state index in [1.54, 1.807) is 12.1 Å². The Morgan fingerprint density at radius 2 is 1.19 bits per heavy atom. The topological polar surface area (TPSA) is 93.1 Å². The number of carbonyl (C=O) groups excluding carboxylic acids is 2. The molecule has 0 saturated heterocycles. The first-order chi connectivity index (χ1) is 15.0. The van der Waals surface area contributed by atoms with Crippen molar-refractivity contribution in [2.45, 2.75) is 26.4 Å². The normalized spacial score (nSPS) is 9.84. The summed E-state index contributed by atoms with van der Waals surface area (Å²) in [4.78, 5) is 23.0. The minimum Gasteiger partial charge on any atom is -0.508 e. The van der Waals surface area contributed by atoms with Gasteiger partial charge in [0.05, 0.1) is 17.7 Å². The van der Waals surface area contributed by atoms with E-state index in [0.717, 1.165) is 18.4 Å². The number of phenols is 2. The molecule has 0 aliphatic rings. The summed E-state index contributed by atoms with van der Waals surface area (Å²) in [5, 5.41) is 18.1. The predicted molar refractivity (Wildman–Crippen MR) is 117 cm³/mol. The number of phenolic OH excluding ortho intramolecular Hbond substituents is 2. The zero-order valence-corrected chi connectivity index (χ0v) is 17.4. The highest BCUT2D eigenvalue weighted by Crippen LogP contribution is 2.12. The van der Waals surface area contributed by atoms with Crippen molar-refractivity contribution in [2.75, 3.05) is 6.61 Å². The van der Waals surface area contributed by atoms with Gasteiger partial charge in [0, 0.05) is 0 Å². The van der Waals surface area contributed by atoms with Crippen molar-refractivity contribution in [3.05, 3.63) is 95.6 Å². The first-order valence-corrected chi connectivity index (χ1v) is 9.96. The molecule has 162 valence electrons. The number of rotatable bonds is 7. The Labute approximate surface area is 181 Å². The first-order valence-electron chi connectivity index (χ1n) is 9.96. The van der Waals surface area contributed by atoms with Crippen molar-refractivity contribution in [1.82, 2.24) is 0 Å². The van der Waals surface area contributed by atoms with Gasteiger partial charge < -0.3 is 19.7 Å². The Balaban J connectivity index is 0.000000225. The van der Waals surface area contributed by atoms with Gasteiger partial charge in [-0.15, -0.1) is 0 Å². The molecule has 3 aromatic rings. The van der Waals surface area contributed by atoms with E-state index in [4.69, 9.17) is 19.7 Å². The van der Waals surface area contributed by atoms with Crippen LogP contribution in [0.1, 0.15) is 46.0 Å². The predicted octanol–water partition coefficient (Wildman–Crippen LogP) is 5.10. The molecule has 31 heavy (non-hydrogen) atoms. The number of unbranched alkanes of at least 4 members (excludes halogenated alkanes) is 1. The van der Waals surface area contributed by atoms with Gasteiger partial charge in [0.2, 0.25) is 0 Å². The molecule has 0 amide bonds. The van der Waals surface area contributed by atoms with Gasteiger partial charge in [-0.25, -0.2) is 9.59 Å². The Morgan fingerprint density at radius 3 is 1.68 bits per heavy atom. The molecule has 3 rings (SSSR count). The van der Waals surface area contributed by atoms with Gasteiger partial charge in [-0.1, -0.05) is 43.7 Å². The molecule has 0 radical (unpaired) electrons. The number of esters is 2. The van der Waals surface area contributed by atoms with Gasteiger partial charge in [-0.2, -0.15) is 0 Å². The Hall–Kier alpha value is -3.80. The maximum atomic E-state index is 11.6. The van der Waals surface area contributed by atoms with Crippen molar-refractivity contribution < 1.29 is 29.3 Å². The third-order valence-corrected chi connectivity index (χ3v) is 4.15. The molecule has 6 nitrogen and oxygen atoms in total. The zero-order valence-electron chi connectivity index (χ0n) is 17.4. The second-order valence-electron chi connectivity index (χ2n) is 6.64. The van der Waals surface area contributed by atoms with E-state index in [-0.39, 0.29) is 24.1 Å². The standard InChI is InChI=1S/C14H12O3.C11H14O3/c15-13-8-6-12(7-9-13)14(16)17-10-11-4-2-1-3-5-11;1-2-3-8-14-11(13)9-4-6-10(12)7-5-9/h1-9,15H,10H2;4-7,12H,2-3,8H2,1H3. The van der Waals surface area contributed by atoms with Crippen LogP contribution in [-0.4, -0.2) is 28.8 Å². The first kappa shape index (κ1) is 23.5. The molecule has 0 bridgehead atoms. The van der Waals surface area contributed by atoms with Crippen LogP contribution in [0, 0.1) is 0 Å². The van der Waals surface area contributed by atoms with Crippen molar-refractivity contribution >= 4 is 11.9 Å². The van der Waals surface area contributed by atoms with E-state index in [1.165, 1.54) is 36.4 Å². The van der Waals surface area contributed by atoms with Crippen LogP contribution in [0.25, 0.3) is 0 Å². The minimum absolute atomic E-state index is 0.129. The lowest BCUT2D eigenvalue weighted by atomic mass is 10.2. The van der Waals surface area contributed by atoms with Gasteiger partial charge in [-0.3, -0.25) is 0 Å². The number of hydrogen-bond acceptors (Lipinski definition) is 6. The van der Waals surface area contributed by atoms with Crippen LogP contribution < -0.4 is 0 Å². The summed E-state index contributed by atoms with van der Waals surface area (Å²) in [5.74, 6) is -0.452. The number of ether oxygens (including phenoxy) is 2. The Morgan fingerprint density at radius 1 is 0.710 bits per heavy atom. The molecule has 0 heterocycles. The Bertz CT molecular complexity index is 934. The van der Waals surface area contributed by atoms with Crippen molar-refractivity contribution in [2.24, 2.45) is 0 Å². The fourth-order valence-corrected chi connectivity index (χ4v) is 2.39. The van der Waals surface area contributed by atoms with E-state index >= 15 is 0 Å². The SMILES string of the molecule is CCCCOC(=O)c1ccc(O)cc1.O=C(OCc1ccccc1)c1ccc(O)cc1.